The van der Waals surface area contributed by atoms with Crippen LogP contribution in [-0.4, -0.2) is 43.7 Å². The maximum Gasteiger partial charge on any atom is 0.270 e. The van der Waals surface area contributed by atoms with Crippen molar-refractivity contribution in [2.24, 2.45) is 5.92 Å². The molecule has 2 aromatic heterocycles. The van der Waals surface area contributed by atoms with Gasteiger partial charge in [-0.05, 0) is 36.5 Å². The molecule has 1 fully saturated rings. The fourth-order valence-electron chi connectivity index (χ4n) is 3.61. The molecule has 0 radical (unpaired) electrons. The van der Waals surface area contributed by atoms with Crippen LogP contribution in [0.1, 0.15) is 35.7 Å². The number of pyridine rings is 1. The molecular weight excluding hydrogens is 398 g/mol. The van der Waals surface area contributed by atoms with Gasteiger partial charge in [0, 0.05) is 38.0 Å². The highest BCUT2D eigenvalue weighted by Gasteiger charge is 2.23. The smallest absolute Gasteiger partial charge is 0.270 e. The third-order valence-corrected chi connectivity index (χ3v) is 5.48. The van der Waals surface area contributed by atoms with Gasteiger partial charge in [-0.3, -0.25) is 14.9 Å². The third-order valence-electron chi connectivity index (χ3n) is 5.48. The maximum atomic E-state index is 13.0. The number of amides is 1. The van der Waals surface area contributed by atoms with Gasteiger partial charge in [-0.25, -0.2) is 14.6 Å². The number of nitrogens with one attached hydrogen (secondary N) is 1. The molecule has 3 aromatic rings. The van der Waals surface area contributed by atoms with Crippen molar-refractivity contribution in [3.63, 3.8) is 0 Å². The van der Waals surface area contributed by atoms with Crippen LogP contribution in [0.3, 0.4) is 0 Å². The van der Waals surface area contributed by atoms with E-state index in [1.807, 2.05) is 6.07 Å². The summed E-state index contributed by atoms with van der Waals surface area (Å²) >= 11 is 0. The summed E-state index contributed by atoms with van der Waals surface area (Å²) in [6.07, 6.45) is 6.69. The lowest BCUT2D eigenvalue weighted by Crippen LogP contribution is -2.35. The van der Waals surface area contributed by atoms with Crippen molar-refractivity contribution >= 4 is 17.3 Å². The number of piperidine rings is 1. The number of non-ortho nitro benzene ring substituents is 1. The number of rotatable bonds is 6. The standard InChI is InChI=1S/C21H23N7O3/c1-15-6-8-26(9-7-15)19-4-3-17(28(30)31)10-18(19)21(29)24-12-16-2-5-20(23-11-16)27-14-22-13-25-27/h2-5,10-11,13-15H,6-9,12H2,1H3,(H,24,29). The molecule has 1 N–H and O–H groups in total. The van der Waals surface area contributed by atoms with E-state index in [-0.39, 0.29) is 18.1 Å². The van der Waals surface area contributed by atoms with Gasteiger partial charge in [0.15, 0.2) is 5.82 Å². The van der Waals surface area contributed by atoms with E-state index in [1.54, 1.807) is 24.7 Å². The van der Waals surface area contributed by atoms with E-state index in [9.17, 15) is 14.9 Å². The number of carbonyl (C=O) groups is 1. The lowest BCUT2D eigenvalue weighted by Gasteiger charge is -2.33. The van der Waals surface area contributed by atoms with Crippen LogP contribution < -0.4 is 10.2 Å². The molecule has 0 atom stereocenters. The summed E-state index contributed by atoms with van der Waals surface area (Å²) in [6.45, 7) is 4.12. The first-order valence-corrected chi connectivity index (χ1v) is 10.1. The fraction of sp³-hybridized carbons (Fsp3) is 0.333. The summed E-state index contributed by atoms with van der Waals surface area (Å²) in [5.41, 5.74) is 1.75. The minimum Gasteiger partial charge on any atom is -0.371 e. The number of hydrogen-bond donors (Lipinski definition) is 1. The second-order valence-electron chi connectivity index (χ2n) is 7.68. The largest absolute Gasteiger partial charge is 0.371 e. The molecule has 0 spiro atoms. The second-order valence-corrected chi connectivity index (χ2v) is 7.68. The number of nitro benzene ring substituents is 1. The van der Waals surface area contributed by atoms with Crippen LogP contribution in [0.25, 0.3) is 5.82 Å². The van der Waals surface area contributed by atoms with Crippen molar-refractivity contribution in [2.45, 2.75) is 26.3 Å². The lowest BCUT2D eigenvalue weighted by molar-refractivity contribution is -0.384. The highest BCUT2D eigenvalue weighted by Crippen LogP contribution is 2.29. The molecule has 3 heterocycles. The molecule has 1 aromatic carbocycles. The van der Waals surface area contributed by atoms with Crippen molar-refractivity contribution in [1.82, 2.24) is 25.1 Å². The van der Waals surface area contributed by atoms with Gasteiger partial charge >= 0.3 is 0 Å². The third kappa shape index (κ3) is 4.68. The summed E-state index contributed by atoms with van der Waals surface area (Å²) in [6, 6.07) is 8.11. The van der Waals surface area contributed by atoms with Crippen LogP contribution in [0, 0.1) is 16.0 Å². The summed E-state index contributed by atoms with van der Waals surface area (Å²) in [5.74, 6) is 0.908. The topological polar surface area (TPSA) is 119 Å². The second kappa shape index (κ2) is 8.90. The normalized spacial score (nSPS) is 14.4. The first-order chi connectivity index (χ1) is 15.0. The molecule has 4 rings (SSSR count). The van der Waals surface area contributed by atoms with Crippen molar-refractivity contribution in [1.29, 1.82) is 0 Å². The van der Waals surface area contributed by atoms with E-state index >= 15 is 0 Å². The zero-order valence-electron chi connectivity index (χ0n) is 17.1. The zero-order valence-corrected chi connectivity index (χ0v) is 17.1. The summed E-state index contributed by atoms with van der Waals surface area (Å²) < 4.78 is 1.54. The molecule has 1 amide bonds. The molecule has 160 valence electrons. The van der Waals surface area contributed by atoms with Crippen LogP contribution in [0.5, 0.6) is 0 Å². The molecule has 31 heavy (non-hydrogen) atoms. The zero-order chi connectivity index (χ0) is 21.8. The van der Waals surface area contributed by atoms with Crippen molar-refractivity contribution in [3.8, 4) is 5.82 Å². The number of nitro groups is 1. The van der Waals surface area contributed by atoms with Gasteiger partial charge in [0.1, 0.15) is 12.7 Å². The SMILES string of the molecule is CC1CCN(c2ccc([N+](=O)[O-])cc2C(=O)NCc2ccc(-n3cncn3)nc2)CC1. The van der Waals surface area contributed by atoms with Crippen LogP contribution in [0.4, 0.5) is 11.4 Å². The van der Waals surface area contributed by atoms with Crippen molar-refractivity contribution < 1.29 is 9.72 Å². The van der Waals surface area contributed by atoms with Crippen LogP contribution in [0.15, 0.2) is 49.2 Å². The number of benzene rings is 1. The van der Waals surface area contributed by atoms with Gasteiger partial charge in [-0.2, -0.15) is 5.10 Å². The van der Waals surface area contributed by atoms with Crippen LogP contribution >= 0.6 is 0 Å². The maximum absolute atomic E-state index is 13.0. The van der Waals surface area contributed by atoms with E-state index in [0.29, 0.717) is 17.3 Å². The highest BCUT2D eigenvalue weighted by molar-refractivity contribution is 6.00. The Morgan fingerprint density at radius 2 is 2.06 bits per heavy atom. The Balaban J connectivity index is 1.50. The monoisotopic (exact) mass is 421 g/mol. The first kappa shape index (κ1) is 20.5. The molecule has 0 aliphatic carbocycles. The first-order valence-electron chi connectivity index (χ1n) is 10.1. The van der Waals surface area contributed by atoms with Crippen molar-refractivity contribution in [2.75, 3.05) is 18.0 Å². The summed E-state index contributed by atoms with van der Waals surface area (Å²) in [4.78, 5) is 34.1. The van der Waals surface area contributed by atoms with Gasteiger partial charge in [-0.1, -0.05) is 13.0 Å². The van der Waals surface area contributed by atoms with Gasteiger partial charge in [-0.15, -0.1) is 0 Å². The quantitative estimate of drug-likeness (QED) is 0.480. The Hall–Kier alpha value is -3.82. The van der Waals surface area contributed by atoms with E-state index in [0.717, 1.165) is 37.2 Å². The van der Waals surface area contributed by atoms with Crippen LogP contribution in [0.2, 0.25) is 0 Å². The molecule has 0 unspecified atom stereocenters. The lowest BCUT2D eigenvalue weighted by atomic mass is 9.98. The van der Waals surface area contributed by atoms with Gasteiger partial charge in [0.05, 0.1) is 16.2 Å². The molecule has 0 bridgehead atoms. The molecule has 0 saturated carbocycles. The van der Waals surface area contributed by atoms with Crippen LogP contribution in [-0.2, 0) is 6.54 Å². The predicted octanol–water partition coefficient (Wildman–Crippen LogP) is 2.74. The fourth-order valence-corrected chi connectivity index (χ4v) is 3.61. The Kier molecular flexibility index (Phi) is 5.87. The summed E-state index contributed by atoms with van der Waals surface area (Å²) in [7, 11) is 0. The molecule has 1 aliphatic heterocycles. The summed E-state index contributed by atoms with van der Waals surface area (Å²) in [5, 5.41) is 18.1. The van der Waals surface area contributed by atoms with E-state index < -0.39 is 4.92 Å². The molecule has 10 heteroatoms. The Bertz CT molecular complexity index is 1060. The van der Waals surface area contributed by atoms with E-state index in [4.69, 9.17) is 0 Å². The molecule has 1 aliphatic rings. The minimum atomic E-state index is -0.481. The predicted molar refractivity (Wildman–Crippen MR) is 114 cm³/mol. The van der Waals surface area contributed by atoms with E-state index in [2.05, 4.69) is 32.2 Å². The number of aromatic nitrogens is 4. The number of anilines is 1. The van der Waals surface area contributed by atoms with Gasteiger partial charge < -0.3 is 10.2 Å². The minimum absolute atomic E-state index is 0.0990. The van der Waals surface area contributed by atoms with Gasteiger partial charge in [0.2, 0.25) is 0 Å². The highest BCUT2D eigenvalue weighted by atomic mass is 16.6. The Morgan fingerprint density at radius 3 is 2.71 bits per heavy atom. The molecular formula is C21H23N7O3. The van der Waals surface area contributed by atoms with Crippen molar-refractivity contribution in [3.05, 3.63) is 70.4 Å². The number of carbonyl (C=O) groups excluding carboxylic acids is 1. The average molecular weight is 421 g/mol. The van der Waals surface area contributed by atoms with E-state index in [1.165, 1.54) is 23.1 Å². The Morgan fingerprint density at radius 1 is 1.26 bits per heavy atom. The molecule has 1 saturated heterocycles. The average Bonchev–Trinajstić information content (AvgIpc) is 3.33. The van der Waals surface area contributed by atoms with Gasteiger partial charge in [0.25, 0.3) is 11.6 Å². The molecule has 10 nitrogen and oxygen atoms in total. The Labute approximate surface area is 179 Å². The number of nitrogens with zero attached hydrogens (tertiary/aromatic N) is 6. The number of hydrogen-bond acceptors (Lipinski definition) is 7.